The molecule has 8 nitrogen and oxygen atoms in total. The zero-order chi connectivity index (χ0) is 25.7. The van der Waals surface area contributed by atoms with E-state index in [1.54, 1.807) is 50.4 Å². The Kier molecular flexibility index (Phi) is 8.72. The van der Waals surface area contributed by atoms with Crippen LogP contribution < -0.4 is 14.4 Å². The molecule has 0 aromatic heterocycles. The molecular weight excluding hydrogens is 454 g/mol. The Labute approximate surface area is 202 Å². The van der Waals surface area contributed by atoms with Crippen LogP contribution in [0.4, 0.5) is 5.69 Å². The minimum absolute atomic E-state index is 0.111. The number of aryl methyl sites for hydroxylation is 1. The topological polar surface area (TPSA) is 96.0 Å². The Morgan fingerprint density at radius 1 is 1.09 bits per heavy atom. The summed E-state index contributed by atoms with van der Waals surface area (Å²) in [6.45, 7) is 8.73. The lowest BCUT2D eigenvalue weighted by molar-refractivity contribution is -0.140. The highest BCUT2D eigenvalue weighted by molar-refractivity contribution is 7.92. The first kappa shape index (κ1) is 27.2. The van der Waals surface area contributed by atoms with Gasteiger partial charge in [-0.1, -0.05) is 24.3 Å². The molecule has 0 aliphatic heterocycles. The molecule has 0 heterocycles. The predicted octanol–water partition coefficient (Wildman–Crippen LogP) is 3.10. The van der Waals surface area contributed by atoms with E-state index in [4.69, 9.17) is 4.74 Å². The second-order valence-corrected chi connectivity index (χ2v) is 11.3. The van der Waals surface area contributed by atoms with Crippen LogP contribution in [0.5, 0.6) is 5.75 Å². The minimum atomic E-state index is -3.76. The van der Waals surface area contributed by atoms with E-state index in [1.807, 2.05) is 39.8 Å². The maximum Gasteiger partial charge on any atom is 0.244 e. The first-order valence-corrected chi connectivity index (χ1v) is 12.8. The van der Waals surface area contributed by atoms with Crippen molar-refractivity contribution in [3.63, 3.8) is 0 Å². The second kappa shape index (κ2) is 10.9. The Bertz CT molecular complexity index is 1130. The van der Waals surface area contributed by atoms with Gasteiger partial charge in [0, 0.05) is 12.1 Å². The fourth-order valence-corrected chi connectivity index (χ4v) is 4.26. The van der Waals surface area contributed by atoms with Gasteiger partial charge < -0.3 is 15.0 Å². The summed E-state index contributed by atoms with van der Waals surface area (Å²) in [6, 6.07) is 13.3. The van der Waals surface area contributed by atoms with Crippen LogP contribution in [0, 0.1) is 6.92 Å². The Morgan fingerprint density at radius 3 is 2.29 bits per heavy atom. The molecule has 2 aromatic rings. The van der Waals surface area contributed by atoms with E-state index in [2.05, 4.69) is 5.32 Å². The number of anilines is 1. The van der Waals surface area contributed by atoms with Crippen LogP contribution in [0.2, 0.25) is 0 Å². The van der Waals surface area contributed by atoms with Gasteiger partial charge in [0.15, 0.2) is 0 Å². The summed E-state index contributed by atoms with van der Waals surface area (Å²) in [6.07, 6.45) is 1.06. The average molecular weight is 490 g/mol. The Hall–Kier alpha value is -3.07. The van der Waals surface area contributed by atoms with Crippen LogP contribution in [-0.2, 0) is 26.2 Å². The number of amides is 2. The lowest BCUT2D eigenvalue weighted by Crippen LogP contribution is -2.54. The number of methoxy groups -OCH3 is 1. The van der Waals surface area contributed by atoms with Gasteiger partial charge in [0.2, 0.25) is 21.8 Å². The summed E-state index contributed by atoms with van der Waals surface area (Å²) in [5.41, 5.74) is 1.52. The van der Waals surface area contributed by atoms with Crippen molar-refractivity contribution >= 4 is 27.5 Å². The molecule has 0 aliphatic carbocycles. The van der Waals surface area contributed by atoms with Gasteiger partial charge in [-0.05, 0) is 70.0 Å². The van der Waals surface area contributed by atoms with Crippen molar-refractivity contribution in [2.24, 2.45) is 0 Å². The number of rotatable bonds is 9. The van der Waals surface area contributed by atoms with E-state index >= 15 is 0 Å². The lowest BCUT2D eigenvalue weighted by atomic mass is 10.1. The highest BCUT2D eigenvalue weighted by atomic mass is 32.2. The molecule has 0 radical (unpaired) electrons. The van der Waals surface area contributed by atoms with Gasteiger partial charge in [-0.25, -0.2) is 8.42 Å². The molecule has 9 heteroatoms. The third kappa shape index (κ3) is 7.76. The number of hydrogen-bond acceptors (Lipinski definition) is 5. The normalized spacial score (nSPS) is 12.6. The molecule has 186 valence electrons. The van der Waals surface area contributed by atoms with Crippen LogP contribution in [-0.4, -0.2) is 56.6 Å². The first-order chi connectivity index (χ1) is 15.7. The number of carbonyl (C=O) groups excluding carboxylic acids is 2. The molecule has 0 aliphatic rings. The fourth-order valence-electron chi connectivity index (χ4n) is 3.42. The molecule has 2 rings (SSSR count). The van der Waals surface area contributed by atoms with E-state index in [0.29, 0.717) is 11.4 Å². The number of hydrogen-bond donors (Lipinski definition) is 1. The zero-order valence-corrected chi connectivity index (χ0v) is 21.8. The summed E-state index contributed by atoms with van der Waals surface area (Å²) < 4.78 is 31.5. The van der Waals surface area contributed by atoms with Gasteiger partial charge in [0.1, 0.15) is 18.3 Å². The van der Waals surface area contributed by atoms with E-state index in [0.717, 1.165) is 21.7 Å². The molecule has 0 saturated carbocycles. The van der Waals surface area contributed by atoms with E-state index in [-0.39, 0.29) is 12.5 Å². The van der Waals surface area contributed by atoms with Crippen molar-refractivity contribution in [3.8, 4) is 5.75 Å². The van der Waals surface area contributed by atoms with Crippen LogP contribution in [0.3, 0.4) is 0 Å². The third-order valence-corrected chi connectivity index (χ3v) is 6.26. The number of sulfonamides is 1. The van der Waals surface area contributed by atoms with E-state index in [1.165, 1.54) is 4.90 Å². The standard InChI is InChI=1S/C25H35N3O5S/c1-18-10-8-12-21(14-18)28(34(7,31)32)17-23(29)27(19(2)24(30)26-25(3,4)5)16-20-11-9-13-22(15-20)33-6/h8-15,19H,16-17H2,1-7H3,(H,26,30)/t19-/m1/s1. The molecule has 2 amide bonds. The summed E-state index contributed by atoms with van der Waals surface area (Å²) >= 11 is 0. The number of nitrogens with one attached hydrogen (secondary N) is 1. The van der Waals surface area contributed by atoms with Crippen molar-refractivity contribution in [1.29, 1.82) is 0 Å². The molecule has 0 fully saturated rings. The molecular formula is C25H35N3O5S. The molecule has 1 N–H and O–H groups in total. The van der Waals surface area contributed by atoms with Gasteiger partial charge >= 0.3 is 0 Å². The predicted molar refractivity (Wildman–Crippen MR) is 134 cm³/mol. The lowest BCUT2D eigenvalue weighted by Gasteiger charge is -2.33. The molecule has 34 heavy (non-hydrogen) atoms. The van der Waals surface area contributed by atoms with Crippen LogP contribution >= 0.6 is 0 Å². The maximum atomic E-state index is 13.5. The summed E-state index contributed by atoms with van der Waals surface area (Å²) in [5, 5.41) is 2.90. The third-order valence-electron chi connectivity index (χ3n) is 5.12. The fraction of sp³-hybridized carbons (Fsp3) is 0.440. The SMILES string of the molecule is COc1cccc(CN(C(=O)CN(c2cccc(C)c2)S(C)(=O)=O)[C@H](C)C(=O)NC(C)(C)C)c1. The summed E-state index contributed by atoms with van der Waals surface area (Å²) in [4.78, 5) is 27.9. The monoisotopic (exact) mass is 489 g/mol. The van der Waals surface area contributed by atoms with E-state index < -0.39 is 34.1 Å². The highest BCUT2D eigenvalue weighted by Gasteiger charge is 2.31. The molecule has 0 unspecified atom stereocenters. The molecule has 0 saturated heterocycles. The van der Waals surface area contributed by atoms with Crippen molar-refractivity contribution < 1.29 is 22.7 Å². The minimum Gasteiger partial charge on any atom is -0.497 e. The number of ether oxygens (including phenoxy) is 1. The van der Waals surface area contributed by atoms with E-state index in [9.17, 15) is 18.0 Å². The first-order valence-electron chi connectivity index (χ1n) is 11.0. The van der Waals surface area contributed by atoms with Gasteiger partial charge in [-0.2, -0.15) is 0 Å². The van der Waals surface area contributed by atoms with Crippen molar-refractivity contribution in [1.82, 2.24) is 10.2 Å². The van der Waals surface area contributed by atoms with Crippen LogP contribution in [0.15, 0.2) is 48.5 Å². The van der Waals surface area contributed by atoms with Gasteiger partial charge in [0.25, 0.3) is 0 Å². The van der Waals surface area contributed by atoms with Crippen molar-refractivity contribution in [2.75, 3.05) is 24.2 Å². The molecule has 1 atom stereocenters. The maximum absolute atomic E-state index is 13.5. The molecule has 0 spiro atoms. The quantitative estimate of drug-likeness (QED) is 0.584. The van der Waals surface area contributed by atoms with Gasteiger partial charge in [-0.3, -0.25) is 13.9 Å². The number of carbonyl (C=O) groups is 2. The van der Waals surface area contributed by atoms with Gasteiger partial charge in [-0.15, -0.1) is 0 Å². The molecule has 0 bridgehead atoms. The smallest absolute Gasteiger partial charge is 0.244 e. The van der Waals surface area contributed by atoms with Gasteiger partial charge in [0.05, 0.1) is 19.1 Å². The largest absolute Gasteiger partial charge is 0.497 e. The van der Waals surface area contributed by atoms with Crippen LogP contribution in [0.1, 0.15) is 38.8 Å². The number of nitrogens with zero attached hydrogens (tertiary/aromatic N) is 2. The zero-order valence-electron chi connectivity index (χ0n) is 21.0. The van der Waals surface area contributed by atoms with Crippen molar-refractivity contribution in [2.45, 2.75) is 52.7 Å². The Balaban J connectivity index is 2.42. The summed E-state index contributed by atoms with van der Waals surface area (Å²) in [5.74, 6) is -0.203. The second-order valence-electron chi connectivity index (χ2n) is 9.40. The number of benzene rings is 2. The highest BCUT2D eigenvalue weighted by Crippen LogP contribution is 2.21. The summed E-state index contributed by atoms with van der Waals surface area (Å²) in [7, 11) is -2.21. The Morgan fingerprint density at radius 2 is 1.74 bits per heavy atom. The van der Waals surface area contributed by atoms with Crippen molar-refractivity contribution in [3.05, 3.63) is 59.7 Å². The average Bonchev–Trinajstić information content (AvgIpc) is 2.73. The van der Waals surface area contributed by atoms with Crippen LogP contribution in [0.25, 0.3) is 0 Å². The molecule has 2 aromatic carbocycles.